The summed E-state index contributed by atoms with van der Waals surface area (Å²) >= 11 is 0. The molecule has 1 aliphatic heterocycles. The van der Waals surface area contributed by atoms with E-state index in [2.05, 4.69) is 0 Å². The molecule has 1 aliphatic rings. The molecule has 0 aliphatic carbocycles. The van der Waals surface area contributed by atoms with E-state index < -0.39 is 17.8 Å². The zero-order valence-electron chi connectivity index (χ0n) is 5.14. The van der Waals surface area contributed by atoms with Crippen LogP contribution in [0.15, 0.2) is 0 Å². The van der Waals surface area contributed by atoms with Gasteiger partial charge in [-0.15, -0.1) is 0 Å². The molecule has 0 aromatic rings. The molecule has 0 atom stereocenters. The van der Waals surface area contributed by atoms with Crippen molar-refractivity contribution < 1.29 is 41.7 Å². The predicted molar refractivity (Wildman–Crippen MR) is 26.3 cm³/mol. The van der Waals surface area contributed by atoms with E-state index in [-0.39, 0.29) is 33.7 Å². The summed E-state index contributed by atoms with van der Waals surface area (Å²) in [6.45, 7) is 0. The molecule has 0 aromatic heterocycles. The normalized spacial score (nSPS) is 17.0. The molecule has 2 N–H and O–H groups in total. The van der Waals surface area contributed by atoms with Crippen molar-refractivity contribution in [1.29, 1.82) is 0 Å². The Morgan fingerprint density at radius 2 is 1.40 bits per heavy atom. The van der Waals surface area contributed by atoms with Gasteiger partial charge in [0, 0.05) is 27.3 Å². The Morgan fingerprint density at radius 1 is 1.00 bits per heavy atom. The Kier molecular flexibility index (Phi) is 3.47. The minimum Gasteiger partial charge on any atom is -0.277 e. The molecule has 1 fully saturated rings. The number of hydrogen-bond donors (Lipinski definition) is 2. The van der Waals surface area contributed by atoms with E-state index in [0.29, 0.717) is 0 Å². The van der Waals surface area contributed by atoms with Gasteiger partial charge in [-0.1, -0.05) is 0 Å². The quantitative estimate of drug-likeness (QED) is 0.410. The van der Waals surface area contributed by atoms with Gasteiger partial charge in [-0.3, -0.25) is 20.2 Å². The van der Waals surface area contributed by atoms with Crippen molar-refractivity contribution in [3.63, 3.8) is 0 Å². The SMILES string of the molecule is O=C1CC(=O)NC(=O)N1.[Cd]. The molecule has 0 saturated carbocycles. The van der Waals surface area contributed by atoms with Crippen LogP contribution in [0.1, 0.15) is 6.42 Å². The van der Waals surface area contributed by atoms with Crippen molar-refractivity contribution in [1.82, 2.24) is 10.6 Å². The number of hydrogen-bond acceptors (Lipinski definition) is 3. The van der Waals surface area contributed by atoms with Crippen molar-refractivity contribution in [3.05, 3.63) is 0 Å². The molecular formula is C4H4CdN2O3. The number of amides is 4. The summed E-state index contributed by atoms with van der Waals surface area (Å²) in [4.78, 5) is 30.8. The third kappa shape index (κ3) is 2.42. The summed E-state index contributed by atoms with van der Waals surface area (Å²) in [6, 6.07) is -0.740. The standard InChI is InChI=1S/C4H4N2O3.Cd/c7-2-1-3(8)6-4(9)5-2;/h1H2,(H2,5,6,7,8,9);. The maximum Gasteiger partial charge on any atom is 0.328 e. The summed E-state index contributed by atoms with van der Waals surface area (Å²) in [7, 11) is 0. The molecule has 1 rings (SSSR count). The molecule has 4 amide bonds. The van der Waals surface area contributed by atoms with Crippen LogP contribution >= 0.6 is 0 Å². The van der Waals surface area contributed by atoms with Crippen LogP contribution in [0, 0.1) is 0 Å². The summed E-state index contributed by atoms with van der Waals surface area (Å²) in [5.41, 5.74) is 0. The van der Waals surface area contributed by atoms with Crippen molar-refractivity contribution >= 4 is 17.8 Å². The van der Waals surface area contributed by atoms with Crippen LogP contribution in [0.2, 0.25) is 0 Å². The van der Waals surface area contributed by atoms with Gasteiger partial charge in [-0.25, -0.2) is 4.79 Å². The molecule has 50 valence electrons. The molecule has 1 saturated heterocycles. The first-order valence-electron chi connectivity index (χ1n) is 2.32. The maximum absolute atomic E-state index is 10.3. The van der Waals surface area contributed by atoms with Gasteiger partial charge in [0.1, 0.15) is 6.42 Å². The average molecular weight is 240 g/mol. The molecule has 0 unspecified atom stereocenters. The number of barbiturate groups is 1. The topological polar surface area (TPSA) is 75.3 Å². The fourth-order valence-corrected chi connectivity index (χ4v) is 0.519. The largest absolute Gasteiger partial charge is 0.328 e. The second-order valence-electron chi connectivity index (χ2n) is 1.60. The van der Waals surface area contributed by atoms with Crippen LogP contribution in [0.25, 0.3) is 0 Å². The van der Waals surface area contributed by atoms with Gasteiger partial charge in [0.2, 0.25) is 11.8 Å². The fraction of sp³-hybridized carbons (Fsp3) is 0.250. The van der Waals surface area contributed by atoms with Crippen molar-refractivity contribution in [2.24, 2.45) is 0 Å². The number of rotatable bonds is 0. The van der Waals surface area contributed by atoms with Gasteiger partial charge in [0.05, 0.1) is 0 Å². The van der Waals surface area contributed by atoms with E-state index >= 15 is 0 Å². The molecule has 0 radical (unpaired) electrons. The van der Waals surface area contributed by atoms with E-state index in [9.17, 15) is 14.4 Å². The molecule has 5 nitrogen and oxygen atoms in total. The predicted octanol–water partition coefficient (Wildman–Crippen LogP) is -1.26. The van der Waals surface area contributed by atoms with E-state index in [4.69, 9.17) is 0 Å². The second-order valence-corrected chi connectivity index (χ2v) is 1.60. The molecular weight excluding hydrogens is 236 g/mol. The van der Waals surface area contributed by atoms with E-state index in [1.165, 1.54) is 0 Å². The Labute approximate surface area is 76.7 Å². The smallest absolute Gasteiger partial charge is 0.277 e. The molecule has 0 aromatic carbocycles. The zero-order chi connectivity index (χ0) is 6.85. The van der Waals surface area contributed by atoms with Crippen LogP contribution in [0.5, 0.6) is 0 Å². The molecule has 0 bridgehead atoms. The maximum atomic E-state index is 10.3. The summed E-state index contributed by atoms with van der Waals surface area (Å²) in [5, 5.41) is 3.80. The Bertz CT molecular complexity index is 146. The zero-order valence-corrected chi connectivity index (χ0v) is 9.18. The molecule has 1 heterocycles. The van der Waals surface area contributed by atoms with Gasteiger partial charge in [-0.05, 0) is 0 Å². The summed E-state index contributed by atoms with van der Waals surface area (Å²) in [6.07, 6.45) is -0.258. The molecule has 6 heteroatoms. The van der Waals surface area contributed by atoms with E-state index in [0.717, 1.165) is 0 Å². The van der Waals surface area contributed by atoms with Gasteiger partial charge in [0.25, 0.3) is 0 Å². The fourth-order valence-electron chi connectivity index (χ4n) is 0.519. The Morgan fingerprint density at radius 3 is 1.70 bits per heavy atom. The number of carbonyl (C=O) groups excluding carboxylic acids is 3. The van der Waals surface area contributed by atoms with Crippen LogP contribution in [-0.4, -0.2) is 17.8 Å². The Hall–Kier alpha value is -0.468. The number of imide groups is 2. The summed E-state index contributed by atoms with van der Waals surface area (Å²) < 4.78 is 0. The van der Waals surface area contributed by atoms with E-state index in [1.54, 1.807) is 0 Å². The van der Waals surface area contributed by atoms with Gasteiger partial charge in [-0.2, -0.15) is 0 Å². The monoisotopic (exact) mass is 242 g/mol. The minimum absolute atomic E-state index is 0. The molecule has 0 spiro atoms. The summed E-state index contributed by atoms with van der Waals surface area (Å²) in [5.74, 6) is -1.10. The first-order valence-corrected chi connectivity index (χ1v) is 2.32. The first kappa shape index (κ1) is 9.53. The van der Waals surface area contributed by atoms with Crippen LogP contribution < -0.4 is 10.6 Å². The number of carbonyl (C=O) groups is 3. The molecule has 10 heavy (non-hydrogen) atoms. The van der Waals surface area contributed by atoms with Crippen molar-refractivity contribution in [3.8, 4) is 0 Å². The van der Waals surface area contributed by atoms with Gasteiger partial charge < -0.3 is 0 Å². The Balaban J connectivity index is 0.000000810. The van der Waals surface area contributed by atoms with Gasteiger partial charge in [0.15, 0.2) is 0 Å². The third-order valence-electron chi connectivity index (χ3n) is 0.827. The number of nitrogens with one attached hydrogen (secondary N) is 2. The van der Waals surface area contributed by atoms with Gasteiger partial charge >= 0.3 is 6.03 Å². The number of urea groups is 1. The first-order chi connectivity index (χ1) is 4.18. The van der Waals surface area contributed by atoms with Crippen LogP contribution in [0.3, 0.4) is 0 Å². The van der Waals surface area contributed by atoms with Crippen LogP contribution in [0.4, 0.5) is 4.79 Å². The van der Waals surface area contributed by atoms with Crippen molar-refractivity contribution in [2.75, 3.05) is 0 Å². The van der Waals surface area contributed by atoms with Crippen molar-refractivity contribution in [2.45, 2.75) is 6.42 Å². The van der Waals surface area contributed by atoms with E-state index in [1.807, 2.05) is 10.6 Å². The third-order valence-corrected chi connectivity index (χ3v) is 0.827. The second kappa shape index (κ2) is 3.64. The van der Waals surface area contributed by atoms with Crippen LogP contribution in [-0.2, 0) is 36.9 Å². The minimum atomic E-state index is -0.740. The average Bonchev–Trinajstić information content (AvgIpc) is 1.59.